The standard InChI is InChI=1S/C24H27NO2/c1-19(2)17-27-24-14-7-6-11-21(24)16-25-22-12-8-13-23(15-22)26-18-20-9-4-3-5-10-20/h3-15,19,25H,16-18H2,1-2H3. The molecule has 0 bridgehead atoms. The van der Waals surface area contributed by atoms with E-state index in [-0.39, 0.29) is 0 Å². The zero-order chi connectivity index (χ0) is 18.9. The first kappa shape index (κ1) is 18.8. The fourth-order valence-corrected chi connectivity index (χ4v) is 2.68. The molecule has 3 rings (SSSR count). The lowest BCUT2D eigenvalue weighted by Crippen LogP contribution is -2.08. The summed E-state index contributed by atoms with van der Waals surface area (Å²) in [5.41, 5.74) is 3.33. The summed E-state index contributed by atoms with van der Waals surface area (Å²) in [6.45, 7) is 6.30. The van der Waals surface area contributed by atoms with Gasteiger partial charge in [0.05, 0.1) is 6.61 Å². The molecule has 0 aliphatic heterocycles. The van der Waals surface area contributed by atoms with Gasteiger partial charge in [-0.1, -0.05) is 68.4 Å². The van der Waals surface area contributed by atoms with Gasteiger partial charge in [0.2, 0.25) is 0 Å². The number of nitrogens with one attached hydrogen (secondary N) is 1. The van der Waals surface area contributed by atoms with E-state index in [1.807, 2.05) is 60.7 Å². The first-order valence-electron chi connectivity index (χ1n) is 9.42. The van der Waals surface area contributed by atoms with Crippen molar-refractivity contribution in [2.45, 2.75) is 27.0 Å². The highest BCUT2D eigenvalue weighted by Crippen LogP contribution is 2.22. The van der Waals surface area contributed by atoms with Crippen molar-refractivity contribution < 1.29 is 9.47 Å². The van der Waals surface area contributed by atoms with Crippen LogP contribution in [0, 0.1) is 5.92 Å². The highest BCUT2D eigenvalue weighted by atomic mass is 16.5. The summed E-state index contributed by atoms with van der Waals surface area (Å²) < 4.78 is 11.8. The first-order valence-corrected chi connectivity index (χ1v) is 9.42. The molecule has 3 nitrogen and oxygen atoms in total. The van der Waals surface area contributed by atoms with E-state index < -0.39 is 0 Å². The normalized spacial score (nSPS) is 10.6. The van der Waals surface area contributed by atoms with Gasteiger partial charge >= 0.3 is 0 Å². The Morgan fingerprint density at radius 3 is 2.41 bits per heavy atom. The van der Waals surface area contributed by atoms with Crippen LogP contribution in [-0.2, 0) is 13.2 Å². The second-order valence-corrected chi connectivity index (χ2v) is 6.97. The van der Waals surface area contributed by atoms with Gasteiger partial charge in [-0.3, -0.25) is 0 Å². The summed E-state index contributed by atoms with van der Waals surface area (Å²) in [4.78, 5) is 0. The van der Waals surface area contributed by atoms with Crippen LogP contribution >= 0.6 is 0 Å². The Morgan fingerprint density at radius 1 is 0.815 bits per heavy atom. The molecule has 0 saturated heterocycles. The Labute approximate surface area is 162 Å². The number of hydrogen-bond donors (Lipinski definition) is 1. The van der Waals surface area contributed by atoms with Crippen LogP contribution in [-0.4, -0.2) is 6.61 Å². The molecule has 27 heavy (non-hydrogen) atoms. The lowest BCUT2D eigenvalue weighted by Gasteiger charge is -2.14. The fourth-order valence-electron chi connectivity index (χ4n) is 2.68. The molecule has 3 aromatic rings. The zero-order valence-electron chi connectivity index (χ0n) is 16.0. The van der Waals surface area contributed by atoms with Crippen LogP contribution in [0.15, 0.2) is 78.9 Å². The molecule has 1 N–H and O–H groups in total. The van der Waals surface area contributed by atoms with Crippen molar-refractivity contribution in [3.8, 4) is 11.5 Å². The molecular weight excluding hydrogens is 334 g/mol. The average Bonchev–Trinajstić information content (AvgIpc) is 2.71. The molecule has 0 radical (unpaired) electrons. The van der Waals surface area contributed by atoms with Crippen molar-refractivity contribution in [1.29, 1.82) is 0 Å². The van der Waals surface area contributed by atoms with E-state index in [1.54, 1.807) is 0 Å². The molecule has 3 heteroatoms. The lowest BCUT2D eigenvalue weighted by atomic mass is 10.2. The van der Waals surface area contributed by atoms with Gasteiger partial charge in [-0.2, -0.15) is 0 Å². The van der Waals surface area contributed by atoms with Gasteiger partial charge in [0.25, 0.3) is 0 Å². The minimum Gasteiger partial charge on any atom is -0.493 e. The smallest absolute Gasteiger partial charge is 0.124 e. The van der Waals surface area contributed by atoms with Crippen molar-refractivity contribution in [1.82, 2.24) is 0 Å². The van der Waals surface area contributed by atoms with E-state index in [0.717, 1.165) is 34.9 Å². The molecule has 0 atom stereocenters. The van der Waals surface area contributed by atoms with E-state index in [1.165, 1.54) is 0 Å². The van der Waals surface area contributed by atoms with Crippen LogP contribution in [0.25, 0.3) is 0 Å². The zero-order valence-corrected chi connectivity index (χ0v) is 16.0. The average molecular weight is 361 g/mol. The quantitative estimate of drug-likeness (QED) is 0.514. The molecule has 0 aliphatic carbocycles. The van der Waals surface area contributed by atoms with Crippen LogP contribution in [0.1, 0.15) is 25.0 Å². The number of rotatable bonds is 9. The van der Waals surface area contributed by atoms with Crippen molar-refractivity contribution in [3.05, 3.63) is 90.0 Å². The Morgan fingerprint density at radius 2 is 1.59 bits per heavy atom. The summed E-state index contributed by atoms with van der Waals surface area (Å²) in [6, 6.07) is 26.4. The monoisotopic (exact) mass is 361 g/mol. The van der Waals surface area contributed by atoms with E-state index in [9.17, 15) is 0 Å². The van der Waals surface area contributed by atoms with Crippen LogP contribution in [0.2, 0.25) is 0 Å². The Bertz CT molecular complexity index is 831. The third-order valence-electron chi connectivity index (χ3n) is 4.11. The van der Waals surface area contributed by atoms with E-state index in [0.29, 0.717) is 19.1 Å². The number of ether oxygens (including phenoxy) is 2. The molecule has 0 unspecified atom stereocenters. The van der Waals surface area contributed by atoms with Crippen molar-refractivity contribution in [3.63, 3.8) is 0 Å². The van der Waals surface area contributed by atoms with Crippen LogP contribution in [0.5, 0.6) is 11.5 Å². The Kier molecular flexibility index (Phi) is 6.75. The second kappa shape index (κ2) is 9.67. The van der Waals surface area contributed by atoms with Crippen LogP contribution < -0.4 is 14.8 Å². The highest BCUT2D eigenvalue weighted by Gasteiger charge is 2.05. The third kappa shape index (κ3) is 6.07. The van der Waals surface area contributed by atoms with Gasteiger partial charge in [0.15, 0.2) is 0 Å². The van der Waals surface area contributed by atoms with Crippen molar-refractivity contribution in [2.75, 3.05) is 11.9 Å². The molecule has 140 valence electrons. The summed E-state index contributed by atoms with van der Waals surface area (Å²) in [6.07, 6.45) is 0. The van der Waals surface area contributed by atoms with Crippen LogP contribution in [0.4, 0.5) is 5.69 Å². The molecule has 3 aromatic carbocycles. The Hall–Kier alpha value is -2.94. The number of hydrogen-bond acceptors (Lipinski definition) is 3. The summed E-state index contributed by atoms with van der Waals surface area (Å²) in [5.74, 6) is 2.30. The molecule has 0 amide bonds. The molecule has 0 heterocycles. The summed E-state index contributed by atoms with van der Waals surface area (Å²) >= 11 is 0. The third-order valence-corrected chi connectivity index (χ3v) is 4.11. The minimum absolute atomic E-state index is 0.504. The molecule has 0 aliphatic rings. The predicted molar refractivity (Wildman–Crippen MR) is 111 cm³/mol. The van der Waals surface area contributed by atoms with Gasteiger partial charge in [-0.25, -0.2) is 0 Å². The largest absolute Gasteiger partial charge is 0.493 e. The van der Waals surface area contributed by atoms with Gasteiger partial charge in [-0.05, 0) is 29.7 Å². The molecule has 0 fully saturated rings. The number of para-hydroxylation sites is 1. The topological polar surface area (TPSA) is 30.5 Å². The maximum absolute atomic E-state index is 5.93. The fraction of sp³-hybridized carbons (Fsp3) is 0.250. The van der Waals surface area contributed by atoms with Crippen molar-refractivity contribution in [2.24, 2.45) is 5.92 Å². The van der Waals surface area contributed by atoms with Gasteiger partial charge in [0.1, 0.15) is 18.1 Å². The van der Waals surface area contributed by atoms with E-state index >= 15 is 0 Å². The maximum atomic E-state index is 5.93. The molecule has 0 aromatic heterocycles. The summed E-state index contributed by atoms with van der Waals surface area (Å²) in [5, 5.41) is 3.47. The molecule has 0 spiro atoms. The minimum atomic E-state index is 0.504. The van der Waals surface area contributed by atoms with Crippen molar-refractivity contribution >= 4 is 5.69 Å². The maximum Gasteiger partial charge on any atom is 0.124 e. The van der Waals surface area contributed by atoms with Crippen LogP contribution in [0.3, 0.4) is 0 Å². The molecular formula is C24H27NO2. The van der Waals surface area contributed by atoms with Gasteiger partial charge in [0, 0.05) is 23.9 Å². The van der Waals surface area contributed by atoms with E-state index in [2.05, 4.69) is 37.4 Å². The van der Waals surface area contributed by atoms with Gasteiger partial charge in [-0.15, -0.1) is 0 Å². The van der Waals surface area contributed by atoms with Gasteiger partial charge < -0.3 is 14.8 Å². The lowest BCUT2D eigenvalue weighted by molar-refractivity contribution is 0.269. The van der Waals surface area contributed by atoms with E-state index in [4.69, 9.17) is 9.47 Å². The Balaban J connectivity index is 1.59. The molecule has 0 saturated carbocycles. The number of anilines is 1. The SMILES string of the molecule is CC(C)COc1ccccc1CNc1cccc(OCc2ccccc2)c1. The second-order valence-electron chi connectivity index (χ2n) is 6.97. The highest BCUT2D eigenvalue weighted by molar-refractivity contribution is 5.49. The number of benzene rings is 3. The predicted octanol–water partition coefficient (Wildman–Crippen LogP) is 5.91. The first-order chi connectivity index (χ1) is 13.2. The summed E-state index contributed by atoms with van der Waals surface area (Å²) in [7, 11) is 0.